The van der Waals surface area contributed by atoms with Crippen LogP contribution in [0.3, 0.4) is 0 Å². The van der Waals surface area contributed by atoms with E-state index in [4.69, 9.17) is 0 Å². The first-order chi connectivity index (χ1) is 9.96. The van der Waals surface area contributed by atoms with E-state index in [9.17, 15) is 9.59 Å². The molecule has 0 bridgehead atoms. The topological polar surface area (TPSA) is 70.2 Å². The Morgan fingerprint density at radius 3 is 1.82 bits per heavy atom. The molecule has 5 nitrogen and oxygen atoms in total. The van der Waals surface area contributed by atoms with E-state index in [1.54, 1.807) is 24.3 Å². The molecule has 0 aromatic heterocycles. The van der Waals surface area contributed by atoms with E-state index >= 15 is 0 Å². The fraction of sp³-hybridized carbons (Fsp3) is 0.529. The summed E-state index contributed by atoms with van der Waals surface area (Å²) in [5.74, 6) is -0.174. The summed E-state index contributed by atoms with van der Waals surface area (Å²) in [7, 11) is 0. The lowest BCUT2D eigenvalue weighted by Crippen LogP contribution is -2.43. The lowest BCUT2D eigenvalue weighted by molar-refractivity contribution is -0.120. The van der Waals surface area contributed by atoms with Gasteiger partial charge in [-0.3, -0.25) is 9.59 Å². The van der Waals surface area contributed by atoms with E-state index in [0.29, 0.717) is 5.56 Å². The largest absolute Gasteiger partial charge is 0.376 e. The van der Waals surface area contributed by atoms with Crippen molar-refractivity contribution >= 4 is 17.5 Å². The first kappa shape index (κ1) is 18.0. The lowest BCUT2D eigenvalue weighted by Gasteiger charge is -2.21. The molecule has 0 unspecified atom stereocenters. The maximum absolute atomic E-state index is 12.0. The van der Waals surface area contributed by atoms with Gasteiger partial charge in [0.05, 0.1) is 6.54 Å². The van der Waals surface area contributed by atoms with Gasteiger partial charge in [-0.2, -0.15) is 0 Å². The first-order valence-electron chi connectivity index (χ1n) is 7.44. The van der Waals surface area contributed by atoms with Gasteiger partial charge in [0.25, 0.3) is 5.91 Å². The van der Waals surface area contributed by atoms with Crippen molar-refractivity contribution in [3.8, 4) is 0 Å². The fourth-order valence-electron chi connectivity index (χ4n) is 1.80. The minimum atomic E-state index is -0.265. The van der Waals surface area contributed by atoms with Crippen molar-refractivity contribution in [3.63, 3.8) is 0 Å². The third-order valence-corrected chi connectivity index (χ3v) is 2.60. The standard InChI is InChI=1S/C17H27N3O2/c1-16(2,3)19-14(21)11-18-13-9-7-12(8-10-13)15(22)20-17(4,5)6/h7-10,18H,11H2,1-6H3,(H,19,21)(H,20,22). The minimum Gasteiger partial charge on any atom is -0.376 e. The molecule has 0 aliphatic heterocycles. The van der Waals surface area contributed by atoms with Crippen LogP contribution in [0.15, 0.2) is 24.3 Å². The second-order valence-electron chi connectivity index (χ2n) is 7.43. The summed E-state index contributed by atoms with van der Waals surface area (Å²) in [5, 5.41) is 8.82. The highest BCUT2D eigenvalue weighted by atomic mass is 16.2. The van der Waals surface area contributed by atoms with Crippen LogP contribution in [-0.2, 0) is 4.79 Å². The van der Waals surface area contributed by atoms with Crippen LogP contribution in [0.1, 0.15) is 51.9 Å². The Morgan fingerprint density at radius 1 is 0.864 bits per heavy atom. The van der Waals surface area contributed by atoms with Crippen molar-refractivity contribution in [3.05, 3.63) is 29.8 Å². The normalized spacial score (nSPS) is 11.7. The summed E-state index contributed by atoms with van der Waals surface area (Å²) in [6.07, 6.45) is 0. The lowest BCUT2D eigenvalue weighted by atomic mass is 10.1. The van der Waals surface area contributed by atoms with Crippen LogP contribution in [0.4, 0.5) is 5.69 Å². The maximum Gasteiger partial charge on any atom is 0.251 e. The molecule has 0 aliphatic carbocycles. The Balaban J connectivity index is 2.55. The smallest absolute Gasteiger partial charge is 0.251 e. The minimum absolute atomic E-state index is 0.0675. The van der Waals surface area contributed by atoms with Gasteiger partial charge in [0, 0.05) is 22.3 Å². The average Bonchev–Trinajstić information content (AvgIpc) is 2.33. The Morgan fingerprint density at radius 2 is 1.36 bits per heavy atom. The molecule has 0 spiro atoms. The second-order valence-corrected chi connectivity index (χ2v) is 7.43. The Labute approximate surface area is 132 Å². The van der Waals surface area contributed by atoms with Crippen LogP contribution in [0, 0.1) is 0 Å². The first-order valence-corrected chi connectivity index (χ1v) is 7.44. The SMILES string of the molecule is CC(C)(C)NC(=O)CNc1ccc(C(=O)NC(C)(C)C)cc1. The molecule has 0 heterocycles. The molecule has 0 aliphatic rings. The molecular formula is C17H27N3O2. The van der Waals surface area contributed by atoms with Gasteiger partial charge in [0.2, 0.25) is 5.91 Å². The molecule has 0 radical (unpaired) electrons. The summed E-state index contributed by atoms with van der Waals surface area (Å²) in [6.45, 7) is 11.8. The van der Waals surface area contributed by atoms with E-state index in [0.717, 1.165) is 5.69 Å². The van der Waals surface area contributed by atoms with Crippen molar-refractivity contribution in [2.45, 2.75) is 52.6 Å². The number of hydrogen-bond acceptors (Lipinski definition) is 3. The van der Waals surface area contributed by atoms with Crippen LogP contribution in [0.25, 0.3) is 0 Å². The zero-order valence-corrected chi connectivity index (χ0v) is 14.3. The van der Waals surface area contributed by atoms with E-state index in [-0.39, 0.29) is 29.4 Å². The van der Waals surface area contributed by atoms with E-state index < -0.39 is 0 Å². The highest BCUT2D eigenvalue weighted by molar-refractivity contribution is 5.95. The Hall–Kier alpha value is -2.04. The molecule has 122 valence electrons. The van der Waals surface area contributed by atoms with Crippen LogP contribution in [0.2, 0.25) is 0 Å². The third-order valence-electron chi connectivity index (χ3n) is 2.60. The van der Waals surface area contributed by atoms with Crippen LogP contribution in [0.5, 0.6) is 0 Å². The van der Waals surface area contributed by atoms with E-state index in [2.05, 4.69) is 16.0 Å². The second kappa shape index (κ2) is 6.81. The van der Waals surface area contributed by atoms with E-state index in [1.807, 2.05) is 41.5 Å². The van der Waals surface area contributed by atoms with Crippen molar-refractivity contribution in [1.29, 1.82) is 0 Å². The van der Waals surface area contributed by atoms with Crippen molar-refractivity contribution in [2.24, 2.45) is 0 Å². The number of anilines is 1. The maximum atomic E-state index is 12.0. The predicted molar refractivity (Wildman–Crippen MR) is 90.0 cm³/mol. The molecule has 22 heavy (non-hydrogen) atoms. The van der Waals surface area contributed by atoms with Crippen LogP contribution in [-0.4, -0.2) is 29.4 Å². The number of carbonyl (C=O) groups excluding carboxylic acids is 2. The molecule has 2 amide bonds. The van der Waals surface area contributed by atoms with E-state index in [1.165, 1.54) is 0 Å². The Kier molecular flexibility index (Phi) is 5.58. The van der Waals surface area contributed by atoms with Crippen molar-refractivity contribution < 1.29 is 9.59 Å². The number of amides is 2. The van der Waals surface area contributed by atoms with Gasteiger partial charge >= 0.3 is 0 Å². The molecule has 1 aromatic carbocycles. The summed E-state index contributed by atoms with van der Waals surface area (Å²) in [4.78, 5) is 23.7. The molecule has 1 aromatic rings. The number of hydrogen-bond donors (Lipinski definition) is 3. The van der Waals surface area contributed by atoms with Gasteiger partial charge in [-0.25, -0.2) is 0 Å². The fourth-order valence-corrected chi connectivity index (χ4v) is 1.80. The highest BCUT2D eigenvalue weighted by Gasteiger charge is 2.15. The Bertz CT molecular complexity index is 522. The van der Waals surface area contributed by atoms with Gasteiger partial charge in [-0.1, -0.05) is 0 Å². The number of carbonyl (C=O) groups is 2. The summed E-state index contributed by atoms with van der Waals surface area (Å²) < 4.78 is 0. The van der Waals surface area contributed by atoms with Crippen molar-refractivity contribution in [1.82, 2.24) is 10.6 Å². The number of rotatable bonds is 4. The average molecular weight is 305 g/mol. The quantitative estimate of drug-likeness (QED) is 0.800. The van der Waals surface area contributed by atoms with Gasteiger partial charge in [0.1, 0.15) is 0 Å². The van der Waals surface area contributed by atoms with Gasteiger partial charge < -0.3 is 16.0 Å². The van der Waals surface area contributed by atoms with Crippen molar-refractivity contribution in [2.75, 3.05) is 11.9 Å². The molecule has 5 heteroatoms. The molecule has 0 saturated carbocycles. The summed E-state index contributed by atoms with van der Waals surface area (Å²) >= 11 is 0. The van der Waals surface area contributed by atoms with Gasteiger partial charge in [-0.05, 0) is 65.8 Å². The predicted octanol–water partition coefficient (Wildman–Crippen LogP) is 2.54. The summed E-state index contributed by atoms with van der Waals surface area (Å²) in [5.41, 5.74) is 0.892. The molecule has 1 rings (SSSR count). The van der Waals surface area contributed by atoms with Gasteiger partial charge in [0.15, 0.2) is 0 Å². The summed E-state index contributed by atoms with van der Waals surface area (Å²) in [6, 6.07) is 7.07. The molecule has 0 saturated heterocycles. The van der Waals surface area contributed by atoms with Crippen LogP contribution >= 0.6 is 0 Å². The zero-order chi connectivity index (χ0) is 17.0. The molecule has 3 N–H and O–H groups in total. The van der Waals surface area contributed by atoms with Crippen LogP contribution < -0.4 is 16.0 Å². The number of nitrogens with one attached hydrogen (secondary N) is 3. The zero-order valence-electron chi connectivity index (χ0n) is 14.3. The number of benzene rings is 1. The highest BCUT2D eigenvalue weighted by Crippen LogP contribution is 2.11. The molecule has 0 fully saturated rings. The third kappa shape index (κ3) is 7.11. The van der Waals surface area contributed by atoms with Gasteiger partial charge in [-0.15, -0.1) is 0 Å². The molecule has 0 atom stereocenters. The monoisotopic (exact) mass is 305 g/mol. The molecular weight excluding hydrogens is 278 g/mol.